The Morgan fingerprint density at radius 3 is 2.47 bits per heavy atom. The second kappa shape index (κ2) is 8.64. The number of rotatable bonds is 4. The average Bonchev–Trinajstić information content (AvgIpc) is 2.79. The van der Waals surface area contributed by atoms with Crippen LogP contribution < -0.4 is 5.32 Å². The van der Waals surface area contributed by atoms with E-state index in [2.05, 4.69) is 5.32 Å². The Bertz CT molecular complexity index is 720. The summed E-state index contributed by atoms with van der Waals surface area (Å²) >= 11 is 1.54. The van der Waals surface area contributed by atoms with E-state index in [1.54, 1.807) is 39.5 Å². The normalized spacial score (nSPS) is 27.0. The fourth-order valence-corrected chi connectivity index (χ4v) is 5.36. The van der Waals surface area contributed by atoms with Gasteiger partial charge in [0.15, 0.2) is 0 Å². The molecule has 2 aliphatic rings. The summed E-state index contributed by atoms with van der Waals surface area (Å²) in [4.78, 5) is 52.7. The summed E-state index contributed by atoms with van der Waals surface area (Å²) in [5.74, 6) is -1.29. The minimum Gasteiger partial charge on any atom is -0.480 e. The smallest absolute Gasteiger partial charge is 0.410 e. The number of carboxylic acids is 1. The molecule has 1 unspecified atom stereocenters. The Morgan fingerprint density at radius 1 is 1.33 bits per heavy atom. The van der Waals surface area contributed by atoms with Crippen molar-refractivity contribution in [1.82, 2.24) is 15.1 Å². The Hall–Kier alpha value is -1.97. The zero-order chi connectivity index (χ0) is 23.0. The van der Waals surface area contributed by atoms with Crippen molar-refractivity contribution in [3.8, 4) is 0 Å². The van der Waals surface area contributed by atoms with Gasteiger partial charge in [0.25, 0.3) is 0 Å². The fraction of sp³-hybridized carbons (Fsp3) is 0.800. The topological polar surface area (TPSA) is 116 Å². The number of fused-ring (bicyclic) bond motifs is 1. The molecular weight excluding hydrogens is 410 g/mol. The van der Waals surface area contributed by atoms with Crippen molar-refractivity contribution in [1.29, 1.82) is 0 Å². The van der Waals surface area contributed by atoms with Crippen molar-refractivity contribution < 1.29 is 29.0 Å². The number of thioether (sulfide) groups is 1. The van der Waals surface area contributed by atoms with E-state index < -0.39 is 47.1 Å². The lowest BCUT2D eigenvalue weighted by Crippen LogP contribution is -2.57. The number of nitrogens with zero attached hydrogens (tertiary/aromatic N) is 2. The molecule has 170 valence electrons. The first-order valence-corrected chi connectivity index (χ1v) is 11.1. The van der Waals surface area contributed by atoms with Crippen molar-refractivity contribution in [2.24, 2.45) is 5.41 Å². The van der Waals surface area contributed by atoms with Gasteiger partial charge in [-0.2, -0.15) is 0 Å². The predicted octanol–water partition coefficient (Wildman–Crippen LogP) is 1.90. The van der Waals surface area contributed by atoms with Gasteiger partial charge in [-0.05, 0) is 51.7 Å². The Morgan fingerprint density at radius 2 is 1.93 bits per heavy atom. The van der Waals surface area contributed by atoms with Gasteiger partial charge in [0.2, 0.25) is 11.8 Å². The minimum atomic E-state index is -1.04. The van der Waals surface area contributed by atoms with Crippen LogP contribution in [-0.2, 0) is 19.1 Å². The quantitative estimate of drug-likeness (QED) is 0.682. The molecule has 30 heavy (non-hydrogen) atoms. The molecule has 2 heterocycles. The zero-order valence-corrected chi connectivity index (χ0v) is 19.5. The van der Waals surface area contributed by atoms with E-state index >= 15 is 0 Å². The van der Waals surface area contributed by atoms with E-state index in [4.69, 9.17) is 4.74 Å². The highest BCUT2D eigenvalue weighted by atomic mass is 32.2. The van der Waals surface area contributed by atoms with Crippen LogP contribution in [0.15, 0.2) is 0 Å². The fourth-order valence-electron chi connectivity index (χ4n) is 3.78. The largest absolute Gasteiger partial charge is 0.480 e. The van der Waals surface area contributed by atoms with E-state index in [0.29, 0.717) is 18.6 Å². The average molecular weight is 444 g/mol. The van der Waals surface area contributed by atoms with Gasteiger partial charge in [-0.1, -0.05) is 13.8 Å². The zero-order valence-electron chi connectivity index (χ0n) is 18.7. The minimum absolute atomic E-state index is 0.225. The van der Waals surface area contributed by atoms with Crippen LogP contribution in [0.3, 0.4) is 0 Å². The molecule has 2 rings (SSSR count). The highest BCUT2D eigenvalue weighted by molar-refractivity contribution is 7.99. The van der Waals surface area contributed by atoms with Crippen molar-refractivity contribution in [3.05, 3.63) is 0 Å². The van der Waals surface area contributed by atoms with Crippen molar-refractivity contribution >= 4 is 35.6 Å². The van der Waals surface area contributed by atoms with Gasteiger partial charge >= 0.3 is 12.1 Å². The van der Waals surface area contributed by atoms with Crippen LogP contribution >= 0.6 is 11.8 Å². The second-order valence-electron chi connectivity index (χ2n) is 9.62. The summed E-state index contributed by atoms with van der Waals surface area (Å²) in [6.45, 7) is 10.4. The van der Waals surface area contributed by atoms with Gasteiger partial charge in [0, 0.05) is 7.05 Å². The summed E-state index contributed by atoms with van der Waals surface area (Å²) in [7, 11) is 1.46. The van der Waals surface area contributed by atoms with E-state index in [1.165, 1.54) is 16.8 Å². The van der Waals surface area contributed by atoms with Crippen LogP contribution in [0.25, 0.3) is 0 Å². The van der Waals surface area contributed by atoms with Gasteiger partial charge < -0.3 is 20.1 Å². The molecule has 9 nitrogen and oxygen atoms in total. The van der Waals surface area contributed by atoms with Crippen molar-refractivity contribution in [3.63, 3.8) is 0 Å². The molecule has 3 amide bonds. The highest BCUT2D eigenvalue weighted by Gasteiger charge is 2.54. The van der Waals surface area contributed by atoms with E-state index in [0.717, 1.165) is 0 Å². The molecule has 0 aliphatic carbocycles. The molecule has 0 aromatic heterocycles. The maximum atomic E-state index is 13.2. The van der Waals surface area contributed by atoms with Gasteiger partial charge in [-0.15, -0.1) is 11.8 Å². The lowest BCUT2D eigenvalue weighted by Gasteiger charge is -2.32. The number of carboxylic acid groups (broad SMARTS) is 1. The second-order valence-corrected chi connectivity index (χ2v) is 10.9. The first-order chi connectivity index (χ1) is 13.7. The Labute approximate surface area is 181 Å². The van der Waals surface area contributed by atoms with Gasteiger partial charge in [-0.25, -0.2) is 9.59 Å². The molecule has 0 aromatic rings. The number of nitrogens with one attached hydrogen (secondary N) is 1. The van der Waals surface area contributed by atoms with Crippen LogP contribution in [-0.4, -0.2) is 80.7 Å². The third-order valence-electron chi connectivity index (χ3n) is 5.49. The van der Waals surface area contributed by atoms with Gasteiger partial charge in [0.05, 0.1) is 5.37 Å². The number of aliphatic carboxylic acids is 1. The predicted molar refractivity (Wildman–Crippen MR) is 113 cm³/mol. The monoisotopic (exact) mass is 443 g/mol. The molecule has 0 bridgehead atoms. The van der Waals surface area contributed by atoms with E-state index in [-0.39, 0.29) is 11.3 Å². The molecule has 0 saturated carbocycles. The number of likely N-dealkylation sites (N-methyl/N-ethyl adjacent to an activating group) is 1. The van der Waals surface area contributed by atoms with E-state index in [9.17, 15) is 24.3 Å². The van der Waals surface area contributed by atoms with Crippen LogP contribution in [0.1, 0.15) is 54.4 Å². The first-order valence-electron chi connectivity index (χ1n) is 10.1. The molecule has 2 aliphatic heterocycles. The van der Waals surface area contributed by atoms with Gasteiger partial charge in [-0.3, -0.25) is 14.5 Å². The highest BCUT2D eigenvalue weighted by Crippen LogP contribution is 2.46. The van der Waals surface area contributed by atoms with Crippen LogP contribution in [0.5, 0.6) is 0 Å². The molecule has 0 aromatic carbocycles. The van der Waals surface area contributed by atoms with Crippen LogP contribution in [0, 0.1) is 5.41 Å². The molecule has 2 saturated heterocycles. The number of amides is 3. The number of hydrogen-bond donors (Lipinski definition) is 2. The molecule has 2 N–H and O–H groups in total. The summed E-state index contributed by atoms with van der Waals surface area (Å²) in [5.41, 5.74) is -1.26. The Kier molecular flexibility index (Phi) is 7.00. The molecule has 0 radical (unpaired) electrons. The van der Waals surface area contributed by atoms with Crippen molar-refractivity contribution in [2.75, 3.05) is 12.8 Å². The lowest BCUT2D eigenvalue weighted by molar-refractivity contribution is -0.152. The summed E-state index contributed by atoms with van der Waals surface area (Å²) in [6, 6.07) is -2.63. The molecule has 10 heteroatoms. The summed E-state index contributed by atoms with van der Waals surface area (Å²) < 4.78 is 5.29. The maximum Gasteiger partial charge on any atom is 0.410 e. The lowest BCUT2D eigenvalue weighted by atomic mass is 9.84. The third kappa shape index (κ3) is 5.19. The van der Waals surface area contributed by atoms with Crippen LogP contribution in [0.4, 0.5) is 4.79 Å². The maximum absolute atomic E-state index is 13.2. The third-order valence-corrected chi connectivity index (χ3v) is 6.74. The van der Waals surface area contributed by atoms with E-state index in [1.807, 2.05) is 13.8 Å². The first kappa shape index (κ1) is 24.3. The number of hydrogen-bond acceptors (Lipinski definition) is 6. The van der Waals surface area contributed by atoms with Gasteiger partial charge in [0.1, 0.15) is 23.7 Å². The number of carbonyl (C=O) groups excluding carboxylic acids is 3. The van der Waals surface area contributed by atoms with Crippen LogP contribution in [0.2, 0.25) is 0 Å². The molecule has 0 spiro atoms. The Balaban J connectivity index is 2.12. The molecular formula is C20H33N3O6S. The standard InChI is InChI=1S/C20H33N3O6S/c1-11(22(7)18(28)29-19(2,3)4)15(24)21-12-8-9-30-13-10-20(5,6)14(17(26)27)23(13)16(12)25/h11-14H,8-10H2,1-7H3,(H,21,24)(H,26,27)/t11?,12-,13-,14+/m0/s1. The summed E-state index contributed by atoms with van der Waals surface area (Å²) in [5, 5.41) is 12.2. The SMILES string of the molecule is CC(C(=O)N[C@H]1CCS[C@H]2CC(C)(C)[C@@H](C(=O)O)N2C1=O)N(C)C(=O)OC(C)(C)C. The molecule has 4 atom stereocenters. The molecule has 2 fully saturated rings. The number of carbonyl (C=O) groups is 4. The van der Waals surface area contributed by atoms with Crippen molar-refractivity contribution in [2.45, 2.75) is 83.5 Å². The summed E-state index contributed by atoms with van der Waals surface area (Å²) in [6.07, 6.45) is 0.344. The number of ether oxygens (including phenoxy) is 1.